The number of hydrogen-bond donors (Lipinski definition) is 2. The van der Waals surface area contributed by atoms with Crippen molar-refractivity contribution in [3.05, 3.63) is 87.9 Å². The third-order valence-corrected chi connectivity index (χ3v) is 8.81. The Morgan fingerprint density at radius 2 is 1.88 bits per heavy atom. The molecule has 4 aromatic rings. The Bertz CT molecular complexity index is 2000. The van der Waals surface area contributed by atoms with E-state index in [1.807, 2.05) is 17.9 Å². The molecule has 2 aliphatic heterocycles. The van der Waals surface area contributed by atoms with Crippen molar-refractivity contribution in [2.75, 3.05) is 50.8 Å². The van der Waals surface area contributed by atoms with Crippen LogP contribution in [0.25, 0.3) is 16.9 Å². The summed E-state index contributed by atoms with van der Waals surface area (Å²) in [6.07, 6.45) is 4.60. The van der Waals surface area contributed by atoms with E-state index in [2.05, 4.69) is 27.0 Å². The number of aromatic nitrogens is 6. The summed E-state index contributed by atoms with van der Waals surface area (Å²) in [7, 11) is 0. The molecule has 0 saturated carbocycles. The molecule has 2 aliphatic rings. The average molecular weight is 672 g/mol. The number of fused-ring (bicyclic) bond motifs is 1. The Morgan fingerprint density at radius 3 is 2.57 bits per heavy atom. The molecule has 2 amide bonds. The molecule has 3 aromatic heterocycles. The Balaban J connectivity index is 1.27. The standard InChI is InChI=1S/C34H38FN9O5/c1-4-26-29(41-13-15-42(16-14-41)32(47)28-30(46)22(3)37-20-38-28)33(48)44-34(39-31(40-44)24-10-17-49-18-11-24)43(26)19-27(45)36-12-9-21(2)23-5-7-25(35)8-6-23/h5-8,10,20,46H,2,4,9,11-19H2,1,3H3,(H,36,45). The van der Waals surface area contributed by atoms with Gasteiger partial charge < -0.3 is 29.5 Å². The number of halogens is 1. The Kier molecular flexibility index (Phi) is 9.80. The number of rotatable bonds is 10. The number of carbonyl (C=O) groups is 2. The SMILES string of the molecule is C=C(CCNC(=O)Cn1c(CC)c(N2CCN(C(=O)c3ncnc(C)c3O)CC2)c(=O)n2nc(C3=CCOCC3)nc12)c1ccc(F)cc1. The lowest BCUT2D eigenvalue weighted by Gasteiger charge is -2.36. The van der Waals surface area contributed by atoms with Crippen molar-refractivity contribution < 1.29 is 23.8 Å². The number of carbonyl (C=O) groups excluding carboxylic acids is 2. The van der Waals surface area contributed by atoms with Gasteiger partial charge in [0.15, 0.2) is 17.3 Å². The maximum atomic E-state index is 14.2. The topological polar surface area (TPSA) is 160 Å². The summed E-state index contributed by atoms with van der Waals surface area (Å²) < 4.78 is 21.8. The molecule has 49 heavy (non-hydrogen) atoms. The van der Waals surface area contributed by atoms with E-state index in [4.69, 9.17) is 9.72 Å². The number of nitrogens with one attached hydrogen (secondary N) is 1. The van der Waals surface area contributed by atoms with Gasteiger partial charge in [-0.1, -0.05) is 31.7 Å². The van der Waals surface area contributed by atoms with Crippen LogP contribution in [-0.4, -0.2) is 96.9 Å². The zero-order chi connectivity index (χ0) is 34.7. The van der Waals surface area contributed by atoms with E-state index in [9.17, 15) is 23.9 Å². The number of aromatic hydroxyl groups is 1. The third-order valence-electron chi connectivity index (χ3n) is 8.81. The van der Waals surface area contributed by atoms with Crippen LogP contribution in [0.3, 0.4) is 0 Å². The fourth-order valence-electron chi connectivity index (χ4n) is 6.08. The molecule has 15 heteroatoms. The van der Waals surface area contributed by atoms with Crippen LogP contribution in [0.4, 0.5) is 10.1 Å². The second kappa shape index (κ2) is 14.4. The van der Waals surface area contributed by atoms with E-state index in [0.717, 1.165) is 16.7 Å². The Morgan fingerprint density at radius 1 is 1.12 bits per heavy atom. The van der Waals surface area contributed by atoms with Crippen LogP contribution in [0, 0.1) is 12.7 Å². The summed E-state index contributed by atoms with van der Waals surface area (Å²) in [5.74, 6) is -0.640. The molecular weight excluding hydrogens is 633 g/mol. The highest BCUT2D eigenvalue weighted by Gasteiger charge is 2.30. The smallest absolute Gasteiger partial charge is 0.299 e. The number of benzene rings is 1. The maximum absolute atomic E-state index is 14.2. The van der Waals surface area contributed by atoms with E-state index in [0.29, 0.717) is 75.0 Å². The molecule has 0 atom stereocenters. The van der Waals surface area contributed by atoms with E-state index >= 15 is 0 Å². The molecule has 14 nitrogen and oxygen atoms in total. The molecule has 0 spiro atoms. The van der Waals surface area contributed by atoms with Crippen LogP contribution in [0.2, 0.25) is 0 Å². The van der Waals surface area contributed by atoms with Gasteiger partial charge in [0.1, 0.15) is 24.4 Å². The first kappa shape index (κ1) is 33.5. The molecular formula is C34H38FN9O5. The Hall–Kier alpha value is -5.44. The number of anilines is 1. The first-order valence-corrected chi connectivity index (χ1v) is 16.2. The zero-order valence-corrected chi connectivity index (χ0v) is 27.5. The van der Waals surface area contributed by atoms with Gasteiger partial charge in [-0.05, 0) is 55.0 Å². The van der Waals surface area contributed by atoms with Crippen molar-refractivity contribution >= 4 is 34.4 Å². The number of nitrogens with zero attached hydrogens (tertiary/aromatic N) is 8. The second-order valence-electron chi connectivity index (χ2n) is 11.9. The lowest BCUT2D eigenvalue weighted by Crippen LogP contribution is -2.51. The molecule has 1 saturated heterocycles. The fraction of sp³-hybridized carbons (Fsp3) is 0.382. The number of aryl methyl sites for hydroxylation is 1. The Labute approximate surface area is 281 Å². The van der Waals surface area contributed by atoms with Crippen LogP contribution < -0.4 is 15.8 Å². The van der Waals surface area contributed by atoms with E-state index in [1.54, 1.807) is 28.5 Å². The first-order valence-electron chi connectivity index (χ1n) is 16.2. The lowest BCUT2D eigenvalue weighted by molar-refractivity contribution is -0.121. The number of ether oxygens (including phenoxy) is 1. The average Bonchev–Trinajstić information content (AvgIpc) is 3.57. The summed E-state index contributed by atoms with van der Waals surface area (Å²) in [4.78, 5) is 56.9. The van der Waals surface area contributed by atoms with Gasteiger partial charge in [0.05, 0.1) is 24.6 Å². The number of hydrogen-bond acceptors (Lipinski definition) is 10. The molecule has 0 bridgehead atoms. The summed E-state index contributed by atoms with van der Waals surface area (Å²) in [5.41, 5.74) is 3.29. The van der Waals surface area contributed by atoms with Gasteiger partial charge in [0.25, 0.3) is 11.5 Å². The summed E-state index contributed by atoms with van der Waals surface area (Å²) in [6, 6.07) is 6.04. The van der Waals surface area contributed by atoms with Crippen molar-refractivity contribution in [2.24, 2.45) is 0 Å². The van der Waals surface area contributed by atoms with Crippen LogP contribution in [0.15, 0.2) is 48.0 Å². The normalized spacial score (nSPS) is 15.0. The van der Waals surface area contributed by atoms with E-state index in [-0.39, 0.29) is 54.1 Å². The predicted molar refractivity (Wildman–Crippen MR) is 180 cm³/mol. The van der Waals surface area contributed by atoms with Gasteiger partial charge in [-0.3, -0.25) is 14.4 Å². The number of piperazine rings is 1. The molecule has 5 heterocycles. The molecule has 2 N–H and O–H groups in total. The van der Waals surface area contributed by atoms with Gasteiger partial charge >= 0.3 is 0 Å². The van der Waals surface area contributed by atoms with Crippen molar-refractivity contribution in [3.63, 3.8) is 0 Å². The molecule has 1 aromatic carbocycles. The van der Waals surface area contributed by atoms with Gasteiger partial charge in [-0.25, -0.2) is 14.4 Å². The summed E-state index contributed by atoms with van der Waals surface area (Å²) in [6.45, 7) is 9.89. The fourth-order valence-corrected chi connectivity index (χ4v) is 6.08. The van der Waals surface area contributed by atoms with E-state index < -0.39 is 5.91 Å². The van der Waals surface area contributed by atoms with Crippen molar-refractivity contribution in [1.82, 2.24) is 39.3 Å². The van der Waals surface area contributed by atoms with Crippen LogP contribution in [0.5, 0.6) is 5.75 Å². The van der Waals surface area contributed by atoms with Crippen LogP contribution >= 0.6 is 0 Å². The van der Waals surface area contributed by atoms with E-state index in [1.165, 1.54) is 23.0 Å². The van der Waals surface area contributed by atoms with Crippen LogP contribution in [-0.2, 0) is 22.5 Å². The molecule has 0 radical (unpaired) electrons. The maximum Gasteiger partial charge on any atom is 0.299 e. The predicted octanol–water partition coefficient (Wildman–Crippen LogP) is 2.38. The highest BCUT2D eigenvalue weighted by atomic mass is 19.1. The minimum Gasteiger partial charge on any atom is -0.504 e. The monoisotopic (exact) mass is 671 g/mol. The van der Waals surface area contributed by atoms with Crippen molar-refractivity contribution in [1.29, 1.82) is 0 Å². The summed E-state index contributed by atoms with van der Waals surface area (Å²) >= 11 is 0. The van der Waals surface area contributed by atoms with Crippen molar-refractivity contribution in [3.8, 4) is 5.75 Å². The van der Waals surface area contributed by atoms with Gasteiger partial charge in [0, 0.05) is 32.7 Å². The minimum atomic E-state index is -0.421. The quantitative estimate of drug-likeness (QED) is 0.256. The molecule has 0 unspecified atom stereocenters. The zero-order valence-electron chi connectivity index (χ0n) is 27.5. The molecule has 0 aliphatic carbocycles. The molecule has 6 rings (SSSR count). The highest BCUT2D eigenvalue weighted by molar-refractivity contribution is 5.95. The number of amides is 2. The largest absolute Gasteiger partial charge is 0.504 e. The van der Waals surface area contributed by atoms with Gasteiger partial charge in [-0.2, -0.15) is 9.50 Å². The second-order valence-corrected chi connectivity index (χ2v) is 11.9. The highest BCUT2D eigenvalue weighted by Crippen LogP contribution is 2.25. The first-order chi connectivity index (χ1) is 23.7. The van der Waals surface area contributed by atoms with Gasteiger partial charge in [0.2, 0.25) is 11.7 Å². The molecule has 1 fully saturated rings. The third kappa shape index (κ3) is 6.92. The molecule has 256 valence electrons. The minimum absolute atomic E-state index is 0.0659. The summed E-state index contributed by atoms with van der Waals surface area (Å²) in [5, 5.41) is 17.9. The van der Waals surface area contributed by atoms with Gasteiger partial charge in [-0.15, -0.1) is 5.10 Å². The lowest BCUT2D eigenvalue weighted by atomic mass is 10.0. The van der Waals surface area contributed by atoms with Crippen LogP contribution in [0.1, 0.15) is 53.0 Å². The van der Waals surface area contributed by atoms with Crippen molar-refractivity contribution in [2.45, 2.75) is 39.7 Å².